The lowest BCUT2D eigenvalue weighted by Crippen LogP contribution is -2.38. The molecule has 1 N–H and O–H groups in total. The van der Waals surface area contributed by atoms with Gasteiger partial charge in [-0.1, -0.05) is 13.8 Å². The van der Waals surface area contributed by atoms with Gasteiger partial charge in [-0.05, 0) is 46.1 Å². The number of likely N-dealkylation sites (tertiary alicyclic amines) is 1. The van der Waals surface area contributed by atoms with Crippen LogP contribution in [0.4, 0.5) is 4.79 Å². The molecule has 1 aliphatic heterocycles. The fourth-order valence-corrected chi connectivity index (χ4v) is 2.00. The van der Waals surface area contributed by atoms with Crippen molar-refractivity contribution in [2.75, 3.05) is 19.6 Å². The van der Waals surface area contributed by atoms with Crippen LogP contribution in [0.1, 0.15) is 47.5 Å². The molecule has 1 amide bonds. The second kappa shape index (κ2) is 6.41. The number of amides is 1. The standard InChI is InChI=1S/C14H28N2O2/c1-11(2)6-8-15-12-7-9-16(10-12)13(17)18-14(3,4)5/h11-12,15H,6-10H2,1-5H3. The van der Waals surface area contributed by atoms with Gasteiger partial charge >= 0.3 is 6.09 Å². The fourth-order valence-electron chi connectivity index (χ4n) is 2.00. The summed E-state index contributed by atoms with van der Waals surface area (Å²) < 4.78 is 5.37. The molecule has 1 aliphatic rings. The lowest BCUT2D eigenvalue weighted by atomic mass is 10.1. The maximum Gasteiger partial charge on any atom is 0.410 e. The molecule has 0 bridgehead atoms. The van der Waals surface area contributed by atoms with Crippen LogP contribution in [0.25, 0.3) is 0 Å². The minimum atomic E-state index is -0.403. The number of nitrogens with zero attached hydrogens (tertiary/aromatic N) is 1. The molecule has 4 heteroatoms. The molecule has 1 rings (SSSR count). The van der Waals surface area contributed by atoms with E-state index in [1.807, 2.05) is 20.8 Å². The summed E-state index contributed by atoms with van der Waals surface area (Å²) in [6, 6.07) is 0.427. The Hall–Kier alpha value is -0.770. The van der Waals surface area contributed by atoms with Gasteiger partial charge in [0.05, 0.1) is 0 Å². The van der Waals surface area contributed by atoms with Crippen molar-refractivity contribution in [1.29, 1.82) is 0 Å². The summed E-state index contributed by atoms with van der Waals surface area (Å²) in [4.78, 5) is 13.7. The molecule has 0 radical (unpaired) electrons. The first-order valence-corrected chi connectivity index (χ1v) is 6.99. The Morgan fingerprint density at radius 1 is 1.44 bits per heavy atom. The topological polar surface area (TPSA) is 41.6 Å². The lowest BCUT2D eigenvalue weighted by molar-refractivity contribution is 0.0291. The number of nitrogens with one attached hydrogen (secondary N) is 1. The van der Waals surface area contributed by atoms with Crippen molar-refractivity contribution in [3.05, 3.63) is 0 Å². The highest BCUT2D eigenvalue weighted by molar-refractivity contribution is 5.68. The van der Waals surface area contributed by atoms with Crippen LogP contribution in [0, 0.1) is 5.92 Å². The summed E-state index contributed by atoms with van der Waals surface area (Å²) in [7, 11) is 0. The second-order valence-corrected chi connectivity index (χ2v) is 6.55. The van der Waals surface area contributed by atoms with Crippen molar-refractivity contribution >= 4 is 6.09 Å². The molecule has 0 spiro atoms. The van der Waals surface area contributed by atoms with Gasteiger partial charge in [0.2, 0.25) is 0 Å². The summed E-state index contributed by atoms with van der Waals surface area (Å²) in [5.74, 6) is 0.723. The summed E-state index contributed by atoms with van der Waals surface area (Å²) >= 11 is 0. The Labute approximate surface area is 111 Å². The van der Waals surface area contributed by atoms with Crippen LogP contribution in [0.5, 0.6) is 0 Å². The molecule has 18 heavy (non-hydrogen) atoms. The van der Waals surface area contributed by atoms with E-state index >= 15 is 0 Å². The van der Waals surface area contributed by atoms with Crippen molar-refractivity contribution < 1.29 is 9.53 Å². The third-order valence-corrected chi connectivity index (χ3v) is 2.99. The monoisotopic (exact) mass is 256 g/mol. The Bertz CT molecular complexity index is 271. The first kappa shape index (κ1) is 15.3. The van der Waals surface area contributed by atoms with Crippen molar-refractivity contribution in [2.45, 2.75) is 59.1 Å². The van der Waals surface area contributed by atoms with E-state index in [4.69, 9.17) is 4.74 Å². The van der Waals surface area contributed by atoms with E-state index in [0.717, 1.165) is 32.0 Å². The molecule has 0 aromatic heterocycles. The minimum Gasteiger partial charge on any atom is -0.444 e. The number of carbonyl (C=O) groups excluding carboxylic acids is 1. The summed E-state index contributed by atoms with van der Waals surface area (Å²) in [6.07, 6.45) is 2.02. The van der Waals surface area contributed by atoms with Gasteiger partial charge in [0.1, 0.15) is 5.60 Å². The zero-order valence-corrected chi connectivity index (χ0v) is 12.5. The predicted molar refractivity (Wildman–Crippen MR) is 73.7 cm³/mol. The van der Waals surface area contributed by atoms with E-state index in [2.05, 4.69) is 19.2 Å². The molecule has 0 aliphatic carbocycles. The van der Waals surface area contributed by atoms with Gasteiger partial charge in [0, 0.05) is 19.1 Å². The third kappa shape index (κ3) is 5.71. The second-order valence-electron chi connectivity index (χ2n) is 6.55. The quantitative estimate of drug-likeness (QED) is 0.840. The van der Waals surface area contributed by atoms with E-state index in [1.165, 1.54) is 6.42 Å². The molecule has 0 aromatic rings. The van der Waals surface area contributed by atoms with E-state index in [0.29, 0.717) is 6.04 Å². The van der Waals surface area contributed by atoms with Gasteiger partial charge in [0.25, 0.3) is 0 Å². The highest BCUT2D eigenvalue weighted by atomic mass is 16.6. The zero-order chi connectivity index (χ0) is 13.8. The van der Waals surface area contributed by atoms with Crippen LogP contribution < -0.4 is 5.32 Å². The average molecular weight is 256 g/mol. The van der Waals surface area contributed by atoms with Crippen LogP contribution in [0.3, 0.4) is 0 Å². The molecule has 106 valence electrons. The van der Waals surface area contributed by atoms with Gasteiger partial charge in [0.15, 0.2) is 0 Å². The van der Waals surface area contributed by atoms with Gasteiger partial charge < -0.3 is 15.0 Å². The third-order valence-electron chi connectivity index (χ3n) is 2.99. The molecule has 4 nitrogen and oxygen atoms in total. The van der Waals surface area contributed by atoms with Crippen LogP contribution in [-0.2, 0) is 4.74 Å². The zero-order valence-electron chi connectivity index (χ0n) is 12.5. The summed E-state index contributed by atoms with van der Waals surface area (Å²) in [5, 5.41) is 3.51. The summed E-state index contributed by atoms with van der Waals surface area (Å²) in [6.45, 7) is 12.8. The van der Waals surface area contributed by atoms with Gasteiger partial charge in [-0.2, -0.15) is 0 Å². The maximum atomic E-state index is 11.9. The van der Waals surface area contributed by atoms with Gasteiger partial charge in [-0.15, -0.1) is 0 Å². The maximum absolute atomic E-state index is 11.9. The van der Waals surface area contributed by atoms with Crippen molar-refractivity contribution in [3.63, 3.8) is 0 Å². The number of ether oxygens (including phenoxy) is 1. The Kier molecular flexibility index (Phi) is 5.45. The van der Waals surface area contributed by atoms with Gasteiger partial charge in [-0.3, -0.25) is 0 Å². The molecule has 0 saturated carbocycles. The first-order valence-electron chi connectivity index (χ1n) is 6.99. The molecular formula is C14H28N2O2. The molecule has 0 aromatic carbocycles. The minimum absolute atomic E-state index is 0.185. The van der Waals surface area contributed by atoms with Crippen LogP contribution in [0.15, 0.2) is 0 Å². The summed E-state index contributed by atoms with van der Waals surface area (Å²) in [5.41, 5.74) is -0.403. The highest BCUT2D eigenvalue weighted by Gasteiger charge is 2.29. The Balaban J connectivity index is 2.26. The van der Waals surface area contributed by atoms with Crippen molar-refractivity contribution in [2.24, 2.45) is 5.92 Å². The molecule has 1 fully saturated rings. The molecular weight excluding hydrogens is 228 g/mol. The molecule has 1 unspecified atom stereocenters. The fraction of sp³-hybridized carbons (Fsp3) is 0.929. The van der Waals surface area contributed by atoms with E-state index < -0.39 is 5.60 Å². The van der Waals surface area contributed by atoms with E-state index in [1.54, 1.807) is 4.90 Å². The SMILES string of the molecule is CC(C)CCNC1CCN(C(=O)OC(C)(C)C)C1. The van der Waals surface area contributed by atoms with Crippen LogP contribution in [0.2, 0.25) is 0 Å². The normalized spacial score (nSPS) is 20.6. The first-order chi connectivity index (χ1) is 8.28. The number of rotatable bonds is 4. The molecule has 1 heterocycles. The van der Waals surface area contributed by atoms with Crippen LogP contribution in [-0.4, -0.2) is 42.3 Å². The average Bonchev–Trinajstić information content (AvgIpc) is 2.63. The van der Waals surface area contributed by atoms with Gasteiger partial charge in [-0.25, -0.2) is 4.79 Å². The molecule has 1 saturated heterocycles. The van der Waals surface area contributed by atoms with Crippen LogP contribution >= 0.6 is 0 Å². The number of carbonyl (C=O) groups is 1. The number of hydrogen-bond donors (Lipinski definition) is 1. The largest absolute Gasteiger partial charge is 0.444 e. The highest BCUT2D eigenvalue weighted by Crippen LogP contribution is 2.15. The molecule has 1 atom stereocenters. The van der Waals surface area contributed by atoms with Crippen molar-refractivity contribution in [1.82, 2.24) is 10.2 Å². The predicted octanol–water partition coefficient (Wildman–Crippen LogP) is 2.63. The smallest absolute Gasteiger partial charge is 0.410 e. The lowest BCUT2D eigenvalue weighted by Gasteiger charge is -2.24. The van der Waals surface area contributed by atoms with E-state index in [9.17, 15) is 4.79 Å². The van der Waals surface area contributed by atoms with E-state index in [-0.39, 0.29) is 6.09 Å². The Morgan fingerprint density at radius 2 is 2.11 bits per heavy atom. The van der Waals surface area contributed by atoms with Crippen molar-refractivity contribution in [3.8, 4) is 0 Å². The Morgan fingerprint density at radius 3 is 2.67 bits per heavy atom. The number of hydrogen-bond acceptors (Lipinski definition) is 3.